The summed E-state index contributed by atoms with van der Waals surface area (Å²) in [6, 6.07) is 12.5. The van der Waals surface area contributed by atoms with Gasteiger partial charge in [0.15, 0.2) is 5.78 Å². The van der Waals surface area contributed by atoms with Crippen LogP contribution in [-0.4, -0.2) is 24.8 Å². The molecule has 0 saturated carbocycles. The van der Waals surface area contributed by atoms with Crippen LogP contribution in [0.25, 0.3) is 0 Å². The number of aryl methyl sites for hydroxylation is 1. The Labute approximate surface area is 180 Å². The first-order chi connectivity index (χ1) is 14.4. The van der Waals surface area contributed by atoms with Crippen molar-refractivity contribution < 1.29 is 4.79 Å². The summed E-state index contributed by atoms with van der Waals surface area (Å²) in [5.74, 6) is 0.607. The van der Waals surface area contributed by atoms with Gasteiger partial charge in [-0.2, -0.15) is 0 Å². The van der Waals surface area contributed by atoms with Crippen LogP contribution >= 0.6 is 0 Å². The highest BCUT2D eigenvalue weighted by Crippen LogP contribution is 2.23. The van der Waals surface area contributed by atoms with Crippen LogP contribution in [0.3, 0.4) is 0 Å². The number of carbonyl (C=O) groups is 1. The summed E-state index contributed by atoms with van der Waals surface area (Å²) in [4.78, 5) is 21.8. The van der Waals surface area contributed by atoms with Crippen LogP contribution in [0.15, 0.2) is 58.5 Å². The minimum absolute atomic E-state index is 0.195. The maximum Gasteiger partial charge on any atom is 0.162 e. The summed E-state index contributed by atoms with van der Waals surface area (Å²) >= 11 is 0. The lowest BCUT2D eigenvalue weighted by Gasteiger charge is -2.15. The Hall–Kier alpha value is -2.81. The molecule has 0 spiro atoms. The van der Waals surface area contributed by atoms with Crippen LogP contribution in [0.1, 0.15) is 71.3 Å². The van der Waals surface area contributed by atoms with E-state index in [0.717, 1.165) is 53.8 Å². The second-order valence-corrected chi connectivity index (χ2v) is 8.29. The number of rotatable bonds is 9. The molecule has 156 valence electrons. The average Bonchev–Trinajstić information content (AvgIpc) is 3.20. The van der Waals surface area contributed by atoms with Crippen LogP contribution in [0.4, 0.5) is 0 Å². The van der Waals surface area contributed by atoms with Gasteiger partial charge in [0.25, 0.3) is 0 Å². The minimum atomic E-state index is 0.195. The molecule has 30 heavy (non-hydrogen) atoms. The fourth-order valence-corrected chi connectivity index (χ4v) is 4.10. The van der Waals surface area contributed by atoms with Gasteiger partial charge in [-0.05, 0) is 72.6 Å². The zero-order chi connectivity index (χ0) is 21.7. The lowest BCUT2D eigenvalue weighted by Crippen LogP contribution is -2.11. The van der Waals surface area contributed by atoms with Crippen LogP contribution in [0.5, 0.6) is 0 Å². The Morgan fingerprint density at radius 1 is 1.23 bits per heavy atom. The van der Waals surface area contributed by atoms with Crippen LogP contribution in [0.2, 0.25) is 0 Å². The summed E-state index contributed by atoms with van der Waals surface area (Å²) in [5, 5.41) is 0. The summed E-state index contributed by atoms with van der Waals surface area (Å²) in [5.41, 5.74) is 8.83. The van der Waals surface area contributed by atoms with E-state index in [0.29, 0.717) is 12.3 Å². The van der Waals surface area contributed by atoms with Gasteiger partial charge in [0, 0.05) is 37.4 Å². The zero-order valence-corrected chi connectivity index (χ0v) is 18.7. The molecule has 0 aromatic heterocycles. The number of hydrogen-bond acceptors (Lipinski definition) is 3. The van der Waals surface area contributed by atoms with Gasteiger partial charge < -0.3 is 0 Å². The van der Waals surface area contributed by atoms with Crippen molar-refractivity contribution in [2.45, 2.75) is 53.0 Å². The maximum atomic E-state index is 12.9. The van der Waals surface area contributed by atoms with Gasteiger partial charge in [0.05, 0.1) is 6.54 Å². The van der Waals surface area contributed by atoms with E-state index in [1.54, 1.807) is 0 Å². The third-order valence-corrected chi connectivity index (χ3v) is 6.12. The molecule has 2 aromatic rings. The van der Waals surface area contributed by atoms with Gasteiger partial charge in [-0.25, -0.2) is 0 Å². The molecule has 1 aliphatic rings. The molecule has 3 heteroatoms. The van der Waals surface area contributed by atoms with E-state index < -0.39 is 0 Å². The van der Waals surface area contributed by atoms with E-state index in [1.165, 1.54) is 16.7 Å². The number of nitrogens with zero attached hydrogens (tertiary/aromatic N) is 2. The van der Waals surface area contributed by atoms with E-state index in [2.05, 4.69) is 55.5 Å². The fourth-order valence-electron chi connectivity index (χ4n) is 4.10. The zero-order valence-electron chi connectivity index (χ0n) is 18.7. The molecule has 0 radical (unpaired) electrons. The van der Waals surface area contributed by atoms with Gasteiger partial charge >= 0.3 is 0 Å². The van der Waals surface area contributed by atoms with Crippen molar-refractivity contribution in [1.29, 1.82) is 0 Å². The number of Topliss-reactive ketones (excluding diaryl/α,β-unsaturated/α-hetero) is 1. The molecule has 3 rings (SSSR count). The monoisotopic (exact) mass is 400 g/mol. The molecule has 1 unspecified atom stereocenters. The number of benzene rings is 2. The van der Waals surface area contributed by atoms with Crippen molar-refractivity contribution in [3.8, 4) is 0 Å². The largest absolute Gasteiger partial charge is 0.294 e. The second-order valence-electron chi connectivity index (χ2n) is 8.29. The molecular formula is C27H32N2O. The topological polar surface area (TPSA) is 41.8 Å². The molecule has 1 heterocycles. The molecule has 1 aliphatic heterocycles. The van der Waals surface area contributed by atoms with Crippen molar-refractivity contribution in [2.75, 3.05) is 7.05 Å². The molecular weight excluding hydrogens is 368 g/mol. The predicted molar refractivity (Wildman–Crippen MR) is 127 cm³/mol. The third kappa shape index (κ3) is 5.02. The number of aliphatic imine (C=N–C) groups is 2. The quantitative estimate of drug-likeness (QED) is 0.282. The lowest BCUT2D eigenvalue weighted by molar-refractivity contribution is 0.0975. The fraction of sp³-hybridized carbons (Fsp3) is 0.370. The van der Waals surface area contributed by atoms with Crippen LogP contribution < -0.4 is 0 Å². The Morgan fingerprint density at radius 2 is 2.03 bits per heavy atom. The van der Waals surface area contributed by atoms with E-state index >= 15 is 0 Å². The summed E-state index contributed by atoms with van der Waals surface area (Å²) < 4.78 is 0. The number of allylic oxidation sites excluding steroid dienone is 1. The number of ketones is 1. The first-order valence-electron chi connectivity index (χ1n) is 10.8. The smallest absolute Gasteiger partial charge is 0.162 e. The van der Waals surface area contributed by atoms with Gasteiger partial charge in [0.1, 0.15) is 0 Å². The average molecular weight is 401 g/mol. The van der Waals surface area contributed by atoms with Crippen molar-refractivity contribution in [1.82, 2.24) is 0 Å². The van der Waals surface area contributed by atoms with Gasteiger partial charge in [-0.15, -0.1) is 0 Å². The SMILES string of the molecule is C=C(C)C(CC)CCC(=O)c1ccc(C)c(C(Cc2ccc3c(c2)C=NC3)=NC)c1. The Balaban J connectivity index is 1.78. The molecule has 1 atom stereocenters. The van der Waals surface area contributed by atoms with E-state index in [9.17, 15) is 4.79 Å². The molecule has 0 saturated heterocycles. The lowest BCUT2D eigenvalue weighted by atomic mass is 9.90. The van der Waals surface area contributed by atoms with Crippen molar-refractivity contribution in [2.24, 2.45) is 15.9 Å². The van der Waals surface area contributed by atoms with Gasteiger partial charge in [0.2, 0.25) is 0 Å². The minimum Gasteiger partial charge on any atom is -0.294 e. The first-order valence-corrected chi connectivity index (χ1v) is 10.8. The number of fused-ring (bicyclic) bond motifs is 1. The molecule has 0 fully saturated rings. The second kappa shape index (κ2) is 9.80. The molecule has 2 aromatic carbocycles. The summed E-state index contributed by atoms with van der Waals surface area (Å²) in [7, 11) is 1.83. The summed E-state index contributed by atoms with van der Waals surface area (Å²) in [6.07, 6.45) is 5.13. The van der Waals surface area contributed by atoms with Crippen molar-refractivity contribution >= 4 is 17.7 Å². The first kappa shape index (κ1) is 21.9. The van der Waals surface area contributed by atoms with Gasteiger partial charge in [-0.1, -0.05) is 43.3 Å². The van der Waals surface area contributed by atoms with Crippen LogP contribution in [-0.2, 0) is 13.0 Å². The predicted octanol–water partition coefficient (Wildman–Crippen LogP) is 6.15. The standard InChI is InChI=1S/C27H32N2O/c1-6-21(18(2)3)11-12-27(30)22-9-7-19(4)25(15-22)26(28-5)14-20-8-10-23-16-29-17-24(23)13-20/h7-10,13,15,17,21H,2,6,11-12,14,16H2,1,3-5H3. The normalized spacial score (nSPS) is 13.9. The molecule has 0 N–H and O–H groups in total. The highest BCUT2D eigenvalue weighted by molar-refractivity contribution is 6.06. The number of carbonyl (C=O) groups excluding carboxylic acids is 1. The Morgan fingerprint density at radius 3 is 2.73 bits per heavy atom. The molecule has 0 bridgehead atoms. The highest BCUT2D eigenvalue weighted by Gasteiger charge is 2.15. The number of hydrogen-bond donors (Lipinski definition) is 0. The van der Waals surface area contributed by atoms with E-state index in [1.807, 2.05) is 31.5 Å². The van der Waals surface area contributed by atoms with E-state index in [-0.39, 0.29) is 5.78 Å². The Kier molecular flexibility index (Phi) is 7.15. The molecule has 0 amide bonds. The molecule has 0 aliphatic carbocycles. The van der Waals surface area contributed by atoms with Crippen LogP contribution in [0, 0.1) is 12.8 Å². The van der Waals surface area contributed by atoms with Crippen molar-refractivity contribution in [3.05, 3.63) is 81.9 Å². The summed E-state index contributed by atoms with van der Waals surface area (Å²) in [6.45, 7) is 11.1. The van der Waals surface area contributed by atoms with Crippen molar-refractivity contribution in [3.63, 3.8) is 0 Å². The highest BCUT2D eigenvalue weighted by atomic mass is 16.1. The third-order valence-electron chi connectivity index (χ3n) is 6.12. The van der Waals surface area contributed by atoms with E-state index in [4.69, 9.17) is 0 Å². The Bertz CT molecular complexity index is 1010. The molecule has 3 nitrogen and oxygen atoms in total. The maximum absolute atomic E-state index is 12.9. The van der Waals surface area contributed by atoms with Gasteiger partial charge in [-0.3, -0.25) is 14.8 Å².